The van der Waals surface area contributed by atoms with E-state index in [4.69, 9.17) is 9.47 Å². The van der Waals surface area contributed by atoms with Gasteiger partial charge in [0.1, 0.15) is 11.5 Å². The average Bonchev–Trinajstić information content (AvgIpc) is 2.59. The summed E-state index contributed by atoms with van der Waals surface area (Å²) in [6, 6.07) is 6.31. The first-order valence-electron chi connectivity index (χ1n) is 7.83. The van der Waals surface area contributed by atoms with Gasteiger partial charge in [-0.3, -0.25) is 4.79 Å². The summed E-state index contributed by atoms with van der Waals surface area (Å²) in [5, 5.41) is 3.28. The molecule has 0 spiro atoms. The minimum atomic E-state index is 0.233. The minimum Gasteiger partial charge on any atom is -0.497 e. The first kappa shape index (κ1) is 16.6. The summed E-state index contributed by atoms with van der Waals surface area (Å²) >= 11 is 0. The van der Waals surface area contributed by atoms with Gasteiger partial charge in [0.05, 0.1) is 14.2 Å². The Bertz CT molecular complexity index is 474. The fourth-order valence-corrected chi connectivity index (χ4v) is 2.84. The van der Waals surface area contributed by atoms with Crippen LogP contribution in [0.5, 0.6) is 11.5 Å². The normalized spacial score (nSPS) is 15.7. The number of ether oxygens (including phenoxy) is 2. The number of carbonyl (C=O) groups excluding carboxylic acids is 1. The monoisotopic (exact) mass is 306 g/mol. The highest BCUT2D eigenvalue weighted by atomic mass is 16.5. The maximum atomic E-state index is 12.3. The Hall–Kier alpha value is -1.75. The van der Waals surface area contributed by atoms with E-state index in [1.54, 1.807) is 14.2 Å². The molecule has 1 saturated heterocycles. The van der Waals surface area contributed by atoms with Gasteiger partial charge in [0.25, 0.3) is 0 Å². The molecule has 5 nitrogen and oxygen atoms in total. The molecule has 122 valence electrons. The van der Waals surface area contributed by atoms with Gasteiger partial charge in [-0.1, -0.05) is 0 Å². The van der Waals surface area contributed by atoms with E-state index < -0.39 is 0 Å². The van der Waals surface area contributed by atoms with Gasteiger partial charge in [-0.05, 0) is 44.0 Å². The highest BCUT2D eigenvalue weighted by molar-refractivity contribution is 5.76. The number of amides is 1. The van der Waals surface area contributed by atoms with Crippen molar-refractivity contribution in [2.75, 3.05) is 34.4 Å². The first-order valence-corrected chi connectivity index (χ1v) is 7.83. The zero-order valence-electron chi connectivity index (χ0n) is 13.7. The highest BCUT2D eigenvalue weighted by Gasteiger charge is 2.21. The van der Waals surface area contributed by atoms with Crippen molar-refractivity contribution < 1.29 is 14.3 Å². The Kier molecular flexibility index (Phi) is 6.07. The first-order chi connectivity index (χ1) is 10.7. The number of hydrogen-bond acceptors (Lipinski definition) is 4. The van der Waals surface area contributed by atoms with Crippen LogP contribution in [0.15, 0.2) is 18.2 Å². The molecule has 0 unspecified atom stereocenters. The van der Waals surface area contributed by atoms with E-state index in [-0.39, 0.29) is 5.91 Å². The number of benzene rings is 1. The highest BCUT2D eigenvalue weighted by Crippen LogP contribution is 2.23. The Labute approximate surface area is 132 Å². The SMILES string of the molecule is CNC1CCN(C(=O)CCc2cc(OC)cc(OC)c2)CC1. The molecule has 0 saturated carbocycles. The third-order valence-corrected chi connectivity index (χ3v) is 4.29. The van der Waals surface area contributed by atoms with Gasteiger partial charge in [-0.2, -0.15) is 0 Å². The number of piperidine rings is 1. The predicted octanol–water partition coefficient (Wildman–Crippen LogP) is 1.85. The third-order valence-electron chi connectivity index (χ3n) is 4.29. The molecule has 1 heterocycles. The molecule has 1 aliphatic rings. The molecule has 0 aromatic heterocycles. The van der Waals surface area contributed by atoms with E-state index in [2.05, 4.69) is 5.32 Å². The number of aryl methyl sites for hydroxylation is 1. The lowest BCUT2D eigenvalue weighted by Crippen LogP contribution is -2.44. The summed E-state index contributed by atoms with van der Waals surface area (Å²) in [4.78, 5) is 14.3. The molecule has 0 radical (unpaired) electrons. The second kappa shape index (κ2) is 8.03. The number of rotatable bonds is 6. The van der Waals surface area contributed by atoms with Gasteiger partial charge in [-0.15, -0.1) is 0 Å². The maximum absolute atomic E-state index is 12.3. The van der Waals surface area contributed by atoms with Crippen molar-refractivity contribution in [2.24, 2.45) is 0 Å². The van der Waals surface area contributed by atoms with Gasteiger partial charge < -0.3 is 19.7 Å². The summed E-state index contributed by atoms with van der Waals surface area (Å²) in [7, 11) is 5.25. The quantitative estimate of drug-likeness (QED) is 0.871. The lowest BCUT2D eigenvalue weighted by Gasteiger charge is -2.31. The van der Waals surface area contributed by atoms with Crippen LogP contribution in [-0.2, 0) is 11.2 Å². The molecule has 1 fully saturated rings. The fourth-order valence-electron chi connectivity index (χ4n) is 2.84. The van der Waals surface area contributed by atoms with Crippen LogP contribution >= 0.6 is 0 Å². The number of nitrogens with zero attached hydrogens (tertiary/aromatic N) is 1. The van der Waals surface area contributed by atoms with Crippen molar-refractivity contribution in [1.29, 1.82) is 0 Å². The molecule has 1 N–H and O–H groups in total. The van der Waals surface area contributed by atoms with Crippen molar-refractivity contribution in [3.63, 3.8) is 0 Å². The van der Waals surface area contributed by atoms with Crippen molar-refractivity contribution in [1.82, 2.24) is 10.2 Å². The van der Waals surface area contributed by atoms with Crippen LogP contribution in [0.3, 0.4) is 0 Å². The van der Waals surface area contributed by atoms with Gasteiger partial charge in [-0.25, -0.2) is 0 Å². The standard InChI is InChI=1S/C17H26N2O3/c1-18-14-6-8-19(9-7-14)17(20)5-4-13-10-15(21-2)12-16(11-13)22-3/h10-12,14,18H,4-9H2,1-3H3. The number of carbonyl (C=O) groups is 1. The van der Waals surface area contributed by atoms with E-state index in [1.807, 2.05) is 30.1 Å². The summed E-state index contributed by atoms with van der Waals surface area (Å²) in [5.74, 6) is 1.75. The molecule has 1 amide bonds. The van der Waals surface area contributed by atoms with Gasteiger partial charge in [0.15, 0.2) is 0 Å². The van der Waals surface area contributed by atoms with Crippen molar-refractivity contribution in [3.05, 3.63) is 23.8 Å². The largest absolute Gasteiger partial charge is 0.497 e. The fraction of sp³-hybridized carbons (Fsp3) is 0.588. The molecule has 5 heteroatoms. The van der Waals surface area contributed by atoms with E-state index in [1.165, 1.54) is 0 Å². The van der Waals surface area contributed by atoms with Crippen LogP contribution in [-0.4, -0.2) is 51.2 Å². The number of likely N-dealkylation sites (tertiary alicyclic amines) is 1. The molecule has 1 aromatic carbocycles. The molecule has 1 aromatic rings. The molecular weight excluding hydrogens is 280 g/mol. The van der Waals surface area contributed by atoms with Crippen LogP contribution in [0.25, 0.3) is 0 Å². The molecule has 22 heavy (non-hydrogen) atoms. The van der Waals surface area contributed by atoms with Crippen LogP contribution in [0.1, 0.15) is 24.8 Å². The van der Waals surface area contributed by atoms with Crippen molar-refractivity contribution >= 4 is 5.91 Å². The second-order valence-electron chi connectivity index (χ2n) is 5.66. The lowest BCUT2D eigenvalue weighted by molar-refractivity contribution is -0.132. The Morgan fingerprint density at radius 1 is 1.18 bits per heavy atom. The summed E-state index contributed by atoms with van der Waals surface area (Å²) in [6.45, 7) is 1.71. The minimum absolute atomic E-state index is 0.233. The van der Waals surface area contributed by atoms with Crippen molar-refractivity contribution in [3.8, 4) is 11.5 Å². The Morgan fingerprint density at radius 2 is 1.77 bits per heavy atom. The van der Waals surface area contributed by atoms with E-state index in [0.717, 1.165) is 43.0 Å². The van der Waals surface area contributed by atoms with E-state index in [9.17, 15) is 4.79 Å². The lowest BCUT2D eigenvalue weighted by atomic mass is 10.0. The smallest absolute Gasteiger partial charge is 0.222 e. The zero-order valence-corrected chi connectivity index (χ0v) is 13.7. The van der Waals surface area contributed by atoms with Gasteiger partial charge in [0.2, 0.25) is 5.91 Å². The van der Waals surface area contributed by atoms with Crippen LogP contribution in [0.2, 0.25) is 0 Å². The average molecular weight is 306 g/mol. The maximum Gasteiger partial charge on any atom is 0.222 e. The topological polar surface area (TPSA) is 50.8 Å². The van der Waals surface area contributed by atoms with E-state index >= 15 is 0 Å². The summed E-state index contributed by atoms with van der Waals surface area (Å²) in [6.07, 6.45) is 3.31. The number of methoxy groups -OCH3 is 2. The van der Waals surface area contributed by atoms with Crippen LogP contribution in [0.4, 0.5) is 0 Å². The van der Waals surface area contributed by atoms with Crippen molar-refractivity contribution in [2.45, 2.75) is 31.7 Å². The Morgan fingerprint density at radius 3 is 2.27 bits per heavy atom. The second-order valence-corrected chi connectivity index (χ2v) is 5.66. The molecule has 2 rings (SSSR count). The van der Waals surface area contributed by atoms with Crippen LogP contribution in [0, 0.1) is 0 Å². The molecular formula is C17H26N2O3. The zero-order chi connectivity index (χ0) is 15.9. The summed E-state index contributed by atoms with van der Waals surface area (Å²) < 4.78 is 10.5. The van der Waals surface area contributed by atoms with Crippen LogP contribution < -0.4 is 14.8 Å². The summed E-state index contributed by atoms with van der Waals surface area (Å²) in [5.41, 5.74) is 1.06. The number of nitrogens with one attached hydrogen (secondary N) is 1. The molecule has 0 atom stereocenters. The molecule has 0 bridgehead atoms. The third kappa shape index (κ3) is 4.37. The predicted molar refractivity (Wildman–Crippen MR) is 86.5 cm³/mol. The molecule has 1 aliphatic heterocycles. The van der Waals surface area contributed by atoms with E-state index in [0.29, 0.717) is 18.9 Å². The van der Waals surface area contributed by atoms with Gasteiger partial charge >= 0.3 is 0 Å². The molecule has 0 aliphatic carbocycles. The van der Waals surface area contributed by atoms with Gasteiger partial charge in [0, 0.05) is 31.6 Å². The Balaban J connectivity index is 1.88. The number of hydrogen-bond donors (Lipinski definition) is 1.